The van der Waals surface area contributed by atoms with Gasteiger partial charge in [0.2, 0.25) is 0 Å². The molecule has 0 amide bonds. The molecule has 0 atom stereocenters. The van der Waals surface area contributed by atoms with Gasteiger partial charge in [0.05, 0.1) is 0 Å². The summed E-state index contributed by atoms with van der Waals surface area (Å²) < 4.78 is 0. The Bertz CT molecular complexity index is 1580. The normalized spacial score (nSPS) is 11.8. The topological polar surface area (TPSA) is 0 Å². The van der Waals surface area contributed by atoms with E-state index < -0.39 is 0 Å². The summed E-state index contributed by atoms with van der Waals surface area (Å²) in [7, 11) is 0. The van der Waals surface area contributed by atoms with Crippen molar-refractivity contribution in [2.24, 2.45) is 0 Å². The highest BCUT2D eigenvalue weighted by molar-refractivity contribution is 5.75. The minimum absolute atomic E-state index is 1.19. The Labute approximate surface area is 232 Å². The van der Waals surface area contributed by atoms with E-state index in [0.29, 0.717) is 0 Å². The van der Waals surface area contributed by atoms with Crippen LogP contribution in [0.3, 0.4) is 0 Å². The number of hydrogen-bond donors (Lipinski definition) is 0. The molecule has 0 aliphatic heterocycles. The largest absolute Gasteiger partial charge is 0.0622 e. The maximum atomic E-state index is 2.16. The van der Waals surface area contributed by atoms with Gasteiger partial charge in [-0.15, -0.1) is 0 Å². The van der Waals surface area contributed by atoms with E-state index in [1.54, 1.807) is 0 Å². The molecular formula is C39H32. The van der Waals surface area contributed by atoms with E-state index in [2.05, 4.69) is 177 Å². The molecule has 0 aliphatic carbocycles. The SMILES string of the molecule is Cc1ccc(C=Cc2ccc(C=Cc3ccc(C=Cc4ccc(C=Cc5ccccc5)cc4)cc3)cc2)cc1. The van der Waals surface area contributed by atoms with Crippen LogP contribution in [-0.4, -0.2) is 0 Å². The van der Waals surface area contributed by atoms with Crippen molar-refractivity contribution in [1.82, 2.24) is 0 Å². The van der Waals surface area contributed by atoms with Gasteiger partial charge in [0, 0.05) is 0 Å². The predicted octanol–water partition coefficient (Wildman–Crippen LogP) is 10.7. The summed E-state index contributed by atoms with van der Waals surface area (Å²) in [5.74, 6) is 0. The average Bonchev–Trinajstić information content (AvgIpc) is 3.00. The monoisotopic (exact) mass is 500 g/mol. The van der Waals surface area contributed by atoms with E-state index in [1.165, 1.54) is 50.1 Å². The van der Waals surface area contributed by atoms with Gasteiger partial charge < -0.3 is 0 Å². The third-order valence-corrected chi connectivity index (χ3v) is 6.56. The minimum Gasteiger partial charge on any atom is -0.0622 e. The Balaban J connectivity index is 1.14. The second-order valence-corrected chi connectivity index (χ2v) is 9.65. The van der Waals surface area contributed by atoms with Crippen molar-refractivity contribution in [2.75, 3.05) is 0 Å². The molecule has 0 aliphatic rings. The fourth-order valence-electron chi connectivity index (χ4n) is 4.17. The molecule has 5 aromatic rings. The van der Waals surface area contributed by atoms with Gasteiger partial charge in [-0.3, -0.25) is 0 Å². The van der Waals surface area contributed by atoms with Crippen LogP contribution in [0.15, 0.2) is 127 Å². The second-order valence-electron chi connectivity index (χ2n) is 9.65. The number of benzene rings is 5. The van der Waals surface area contributed by atoms with Crippen LogP contribution in [0.2, 0.25) is 0 Å². The molecule has 0 bridgehead atoms. The van der Waals surface area contributed by atoms with Crippen molar-refractivity contribution < 1.29 is 0 Å². The molecule has 0 aromatic heterocycles. The minimum atomic E-state index is 1.19. The molecule has 0 heteroatoms. The van der Waals surface area contributed by atoms with Crippen LogP contribution in [-0.2, 0) is 0 Å². The van der Waals surface area contributed by atoms with Crippen LogP contribution >= 0.6 is 0 Å². The van der Waals surface area contributed by atoms with Gasteiger partial charge in [0.25, 0.3) is 0 Å². The van der Waals surface area contributed by atoms with Crippen molar-refractivity contribution >= 4 is 48.6 Å². The fraction of sp³-hybridized carbons (Fsp3) is 0.0256. The van der Waals surface area contributed by atoms with Crippen LogP contribution in [0.25, 0.3) is 48.6 Å². The van der Waals surface area contributed by atoms with E-state index in [1.807, 2.05) is 6.07 Å². The highest BCUT2D eigenvalue weighted by atomic mass is 14.0. The van der Waals surface area contributed by atoms with E-state index in [0.717, 1.165) is 0 Å². The molecule has 0 heterocycles. The van der Waals surface area contributed by atoms with Gasteiger partial charge in [-0.2, -0.15) is 0 Å². The first-order valence-electron chi connectivity index (χ1n) is 13.3. The third-order valence-electron chi connectivity index (χ3n) is 6.56. The number of aryl methyl sites for hydroxylation is 1. The molecule has 39 heavy (non-hydrogen) atoms. The zero-order chi connectivity index (χ0) is 26.7. The van der Waals surface area contributed by atoms with Gasteiger partial charge in [-0.05, 0) is 51.4 Å². The van der Waals surface area contributed by atoms with Gasteiger partial charge in [0.1, 0.15) is 0 Å². The third kappa shape index (κ3) is 8.02. The summed E-state index contributed by atoms with van der Waals surface area (Å²) in [6, 6.07) is 44.8. The summed E-state index contributed by atoms with van der Waals surface area (Å²) in [6.45, 7) is 2.11. The number of hydrogen-bond acceptors (Lipinski definition) is 0. The van der Waals surface area contributed by atoms with Gasteiger partial charge in [0.15, 0.2) is 0 Å². The Morgan fingerprint density at radius 1 is 0.256 bits per heavy atom. The van der Waals surface area contributed by atoms with Gasteiger partial charge in [-0.25, -0.2) is 0 Å². The molecule has 0 radical (unpaired) electrons. The fourth-order valence-corrected chi connectivity index (χ4v) is 4.17. The Morgan fingerprint density at radius 3 is 0.718 bits per heavy atom. The molecule has 5 rings (SSSR count). The lowest BCUT2D eigenvalue weighted by molar-refractivity contribution is 1.46. The molecule has 0 spiro atoms. The maximum absolute atomic E-state index is 2.16. The van der Waals surface area contributed by atoms with Crippen LogP contribution in [0, 0.1) is 6.92 Å². The quantitative estimate of drug-likeness (QED) is 0.186. The molecule has 0 N–H and O–H groups in total. The summed E-state index contributed by atoms with van der Waals surface area (Å²) in [6.07, 6.45) is 17.2. The zero-order valence-electron chi connectivity index (χ0n) is 22.2. The highest BCUT2D eigenvalue weighted by Crippen LogP contribution is 2.16. The molecule has 0 saturated carbocycles. The average molecular weight is 501 g/mol. The standard InChI is InChI=1S/C39H32/c1-31-7-9-33(10-8-31)13-14-35-19-21-37(22-20-35)25-26-39-29-27-38(28-30-39)24-23-36-17-15-34(16-18-36)12-11-32-5-3-2-4-6-32/h2-30H,1H3. The molecule has 0 nitrogen and oxygen atoms in total. The summed E-state index contributed by atoms with van der Waals surface area (Å²) in [4.78, 5) is 0. The predicted molar refractivity (Wildman–Crippen MR) is 173 cm³/mol. The Hall–Kier alpha value is -4.94. The number of rotatable bonds is 8. The van der Waals surface area contributed by atoms with E-state index in [-0.39, 0.29) is 0 Å². The van der Waals surface area contributed by atoms with Crippen LogP contribution in [0.4, 0.5) is 0 Å². The molecular weight excluding hydrogens is 468 g/mol. The van der Waals surface area contributed by atoms with Gasteiger partial charge >= 0.3 is 0 Å². The molecule has 188 valence electrons. The van der Waals surface area contributed by atoms with Crippen molar-refractivity contribution in [3.63, 3.8) is 0 Å². The lowest BCUT2D eigenvalue weighted by Crippen LogP contribution is -1.78. The molecule has 0 fully saturated rings. The van der Waals surface area contributed by atoms with Crippen LogP contribution < -0.4 is 0 Å². The summed E-state index contributed by atoms with van der Waals surface area (Å²) >= 11 is 0. The second kappa shape index (κ2) is 13.0. The van der Waals surface area contributed by atoms with Crippen LogP contribution in [0.1, 0.15) is 50.1 Å². The summed E-state index contributed by atoms with van der Waals surface area (Å²) in [5.41, 5.74) is 10.8. The summed E-state index contributed by atoms with van der Waals surface area (Å²) in [5, 5.41) is 0. The lowest BCUT2D eigenvalue weighted by atomic mass is 10.1. The van der Waals surface area contributed by atoms with Crippen molar-refractivity contribution in [1.29, 1.82) is 0 Å². The molecule has 0 unspecified atom stereocenters. The Kier molecular flexibility index (Phi) is 8.59. The van der Waals surface area contributed by atoms with Crippen molar-refractivity contribution in [2.45, 2.75) is 6.92 Å². The highest BCUT2D eigenvalue weighted by Gasteiger charge is 1.94. The maximum Gasteiger partial charge on any atom is -0.0256 e. The van der Waals surface area contributed by atoms with Crippen molar-refractivity contribution in [3.05, 3.63) is 177 Å². The van der Waals surface area contributed by atoms with E-state index in [4.69, 9.17) is 0 Å². The molecule has 0 saturated heterocycles. The zero-order valence-corrected chi connectivity index (χ0v) is 22.2. The first-order chi connectivity index (χ1) is 19.2. The van der Waals surface area contributed by atoms with Crippen LogP contribution in [0.5, 0.6) is 0 Å². The molecule has 5 aromatic carbocycles. The van der Waals surface area contributed by atoms with Crippen molar-refractivity contribution in [3.8, 4) is 0 Å². The Morgan fingerprint density at radius 2 is 0.462 bits per heavy atom. The first-order valence-corrected chi connectivity index (χ1v) is 13.3. The first kappa shape index (κ1) is 25.7. The van der Waals surface area contributed by atoms with Gasteiger partial charge in [-0.1, -0.05) is 182 Å². The van der Waals surface area contributed by atoms with E-state index >= 15 is 0 Å². The smallest absolute Gasteiger partial charge is 0.0256 e. The lowest BCUT2D eigenvalue weighted by Gasteiger charge is -1.99. The van der Waals surface area contributed by atoms with E-state index in [9.17, 15) is 0 Å².